The van der Waals surface area contributed by atoms with Crippen molar-refractivity contribution in [2.45, 2.75) is 33.3 Å². The molecule has 0 aliphatic rings. The fourth-order valence-corrected chi connectivity index (χ4v) is 1.29. The van der Waals surface area contributed by atoms with Crippen molar-refractivity contribution in [1.82, 2.24) is 0 Å². The van der Waals surface area contributed by atoms with Gasteiger partial charge < -0.3 is 9.47 Å². The van der Waals surface area contributed by atoms with Gasteiger partial charge in [-0.15, -0.1) is 0 Å². The van der Waals surface area contributed by atoms with Gasteiger partial charge in [0.2, 0.25) is 0 Å². The second-order valence-electron chi connectivity index (χ2n) is 4.22. The first kappa shape index (κ1) is 15.0. The van der Waals surface area contributed by atoms with Gasteiger partial charge in [0.05, 0.1) is 6.10 Å². The zero-order valence-corrected chi connectivity index (χ0v) is 11.4. The highest BCUT2D eigenvalue weighted by atomic mass is 16.5. The Hall–Kier alpha value is -2.10. The van der Waals surface area contributed by atoms with Gasteiger partial charge in [-0.2, -0.15) is 0 Å². The van der Waals surface area contributed by atoms with E-state index < -0.39 is 0 Å². The number of carbonyl (C=O) groups is 2. The zero-order valence-electron chi connectivity index (χ0n) is 11.4. The lowest BCUT2D eigenvalue weighted by molar-refractivity contribution is -0.141. The second kappa shape index (κ2) is 7.36. The van der Waals surface area contributed by atoms with E-state index in [4.69, 9.17) is 9.47 Å². The first-order valence-electron chi connectivity index (χ1n) is 6.20. The van der Waals surface area contributed by atoms with Crippen LogP contribution in [0, 0.1) is 0 Å². The highest BCUT2D eigenvalue weighted by Gasteiger charge is 2.02. The minimum Gasteiger partial charge on any atom is -0.460 e. The fraction of sp³-hybridized carbons (Fsp3) is 0.333. The Labute approximate surface area is 113 Å². The molecule has 0 radical (unpaired) electrons. The van der Waals surface area contributed by atoms with Crippen LogP contribution in [0.1, 0.15) is 32.8 Å². The summed E-state index contributed by atoms with van der Waals surface area (Å²) in [6.07, 6.45) is 3.22. The standard InChI is InChI=1S/C15H18O4/c1-4-14(16)19-13-8-5-12(6-9-13)7-10-15(17)18-11(2)3/h5-11H,4H2,1-3H3. The molecule has 1 rings (SSSR count). The van der Waals surface area contributed by atoms with Crippen molar-refractivity contribution < 1.29 is 19.1 Å². The molecule has 0 aliphatic heterocycles. The summed E-state index contributed by atoms with van der Waals surface area (Å²) >= 11 is 0. The molecule has 0 unspecified atom stereocenters. The summed E-state index contributed by atoms with van der Waals surface area (Å²) in [4.78, 5) is 22.4. The minimum absolute atomic E-state index is 0.131. The molecule has 0 heterocycles. The molecule has 0 aromatic heterocycles. The van der Waals surface area contributed by atoms with E-state index in [0.29, 0.717) is 12.2 Å². The van der Waals surface area contributed by atoms with Crippen LogP contribution in [-0.2, 0) is 14.3 Å². The normalized spacial score (nSPS) is 10.7. The van der Waals surface area contributed by atoms with Gasteiger partial charge in [-0.05, 0) is 37.6 Å². The summed E-state index contributed by atoms with van der Waals surface area (Å²) in [6, 6.07) is 6.89. The average Bonchev–Trinajstić information content (AvgIpc) is 2.37. The maximum atomic E-state index is 11.3. The predicted octanol–water partition coefficient (Wildman–Crippen LogP) is 2.97. The van der Waals surface area contributed by atoms with Gasteiger partial charge >= 0.3 is 11.9 Å². The largest absolute Gasteiger partial charge is 0.460 e. The SMILES string of the molecule is CCC(=O)Oc1ccc(C=CC(=O)OC(C)C)cc1. The van der Waals surface area contributed by atoms with E-state index >= 15 is 0 Å². The highest BCUT2D eigenvalue weighted by Crippen LogP contribution is 2.14. The van der Waals surface area contributed by atoms with Crippen molar-refractivity contribution in [3.8, 4) is 5.75 Å². The molecule has 0 amide bonds. The third kappa shape index (κ3) is 5.86. The van der Waals surface area contributed by atoms with Gasteiger partial charge in [-0.25, -0.2) is 4.79 Å². The van der Waals surface area contributed by atoms with E-state index in [0.717, 1.165) is 5.56 Å². The van der Waals surface area contributed by atoms with Gasteiger partial charge in [-0.3, -0.25) is 4.79 Å². The minimum atomic E-state index is -0.378. The van der Waals surface area contributed by atoms with Crippen LogP contribution in [0.3, 0.4) is 0 Å². The molecule has 4 heteroatoms. The van der Waals surface area contributed by atoms with E-state index in [1.165, 1.54) is 6.08 Å². The van der Waals surface area contributed by atoms with Crippen LogP contribution in [0.4, 0.5) is 0 Å². The third-order valence-electron chi connectivity index (χ3n) is 2.16. The predicted molar refractivity (Wildman–Crippen MR) is 72.6 cm³/mol. The molecule has 0 fully saturated rings. The molecular formula is C15H18O4. The number of hydrogen-bond acceptors (Lipinski definition) is 4. The van der Waals surface area contributed by atoms with E-state index in [1.807, 2.05) is 0 Å². The van der Waals surface area contributed by atoms with Gasteiger partial charge in [0, 0.05) is 12.5 Å². The fourth-order valence-electron chi connectivity index (χ4n) is 1.29. The lowest BCUT2D eigenvalue weighted by Crippen LogP contribution is -2.08. The molecule has 102 valence electrons. The Morgan fingerprint density at radius 1 is 1.21 bits per heavy atom. The lowest BCUT2D eigenvalue weighted by atomic mass is 10.2. The van der Waals surface area contributed by atoms with Crippen LogP contribution < -0.4 is 4.74 Å². The molecular weight excluding hydrogens is 244 g/mol. The van der Waals surface area contributed by atoms with E-state index in [2.05, 4.69) is 0 Å². The molecule has 0 atom stereocenters. The molecule has 4 nitrogen and oxygen atoms in total. The topological polar surface area (TPSA) is 52.6 Å². The van der Waals surface area contributed by atoms with Crippen molar-refractivity contribution in [1.29, 1.82) is 0 Å². The quantitative estimate of drug-likeness (QED) is 0.465. The maximum absolute atomic E-state index is 11.3. The van der Waals surface area contributed by atoms with Crippen LogP contribution >= 0.6 is 0 Å². The number of benzene rings is 1. The van der Waals surface area contributed by atoms with E-state index in [9.17, 15) is 9.59 Å². The van der Waals surface area contributed by atoms with Crippen molar-refractivity contribution in [2.24, 2.45) is 0 Å². The number of esters is 2. The van der Waals surface area contributed by atoms with Crippen LogP contribution in [-0.4, -0.2) is 18.0 Å². The Kier molecular flexibility index (Phi) is 5.79. The molecule has 0 saturated carbocycles. The lowest BCUT2D eigenvalue weighted by Gasteiger charge is -2.04. The molecule has 0 N–H and O–H groups in total. The summed E-state index contributed by atoms with van der Waals surface area (Å²) < 4.78 is 10.0. The summed E-state index contributed by atoms with van der Waals surface area (Å²) in [5, 5.41) is 0. The van der Waals surface area contributed by atoms with Gasteiger partial charge in [0.15, 0.2) is 0 Å². The number of rotatable bonds is 5. The maximum Gasteiger partial charge on any atom is 0.331 e. The first-order valence-corrected chi connectivity index (χ1v) is 6.20. The average molecular weight is 262 g/mol. The summed E-state index contributed by atoms with van der Waals surface area (Å²) in [7, 11) is 0. The summed E-state index contributed by atoms with van der Waals surface area (Å²) in [6.45, 7) is 5.32. The highest BCUT2D eigenvalue weighted by molar-refractivity contribution is 5.87. The first-order chi connectivity index (χ1) is 9.01. The molecule has 1 aromatic rings. The molecule has 0 spiro atoms. The van der Waals surface area contributed by atoms with Crippen molar-refractivity contribution in [3.05, 3.63) is 35.9 Å². The second-order valence-corrected chi connectivity index (χ2v) is 4.22. The van der Waals surface area contributed by atoms with Crippen LogP contribution in [0.25, 0.3) is 6.08 Å². The third-order valence-corrected chi connectivity index (χ3v) is 2.16. The molecule has 0 bridgehead atoms. The van der Waals surface area contributed by atoms with E-state index in [-0.39, 0.29) is 18.0 Å². The zero-order chi connectivity index (χ0) is 14.3. The number of carbonyl (C=O) groups excluding carboxylic acids is 2. The van der Waals surface area contributed by atoms with Crippen LogP contribution in [0.5, 0.6) is 5.75 Å². The van der Waals surface area contributed by atoms with Crippen molar-refractivity contribution in [2.75, 3.05) is 0 Å². The van der Waals surface area contributed by atoms with Crippen LogP contribution in [0.2, 0.25) is 0 Å². The molecule has 1 aromatic carbocycles. The van der Waals surface area contributed by atoms with E-state index in [1.54, 1.807) is 51.1 Å². The van der Waals surface area contributed by atoms with Gasteiger partial charge in [-0.1, -0.05) is 19.1 Å². The number of hydrogen-bond donors (Lipinski definition) is 0. The smallest absolute Gasteiger partial charge is 0.331 e. The van der Waals surface area contributed by atoms with Crippen molar-refractivity contribution in [3.63, 3.8) is 0 Å². The molecule has 0 saturated heterocycles. The summed E-state index contributed by atoms with van der Waals surface area (Å²) in [5.41, 5.74) is 0.831. The number of ether oxygens (including phenoxy) is 2. The van der Waals surface area contributed by atoms with Gasteiger partial charge in [0.1, 0.15) is 5.75 Å². The Morgan fingerprint density at radius 3 is 2.37 bits per heavy atom. The summed E-state index contributed by atoms with van der Waals surface area (Å²) in [5.74, 6) is -0.158. The Morgan fingerprint density at radius 2 is 1.84 bits per heavy atom. The van der Waals surface area contributed by atoms with Crippen LogP contribution in [0.15, 0.2) is 30.3 Å². The monoisotopic (exact) mass is 262 g/mol. The van der Waals surface area contributed by atoms with Crippen molar-refractivity contribution >= 4 is 18.0 Å². The van der Waals surface area contributed by atoms with Gasteiger partial charge in [0.25, 0.3) is 0 Å². The molecule has 0 aliphatic carbocycles. The Bertz CT molecular complexity index is 458. The Balaban J connectivity index is 2.59. The molecule has 19 heavy (non-hydrogen) atoms.